The van der Waals surface area contributed by atoms with Crippen LogP contribution in [0.5, 0.6) is 0 Å². The lowest BCUT2D eigenvalue weighted by atomic mass is 9.93. The van der Waals surface area contributed by atoms with E-state index >= 15 is 0 Å². The van der Waals surface area contributed by atoms with Crippen LogP contribution < -0.4 is 10.6 Å². The molecule has 1 aliphatic carbocycles. The van der Waals surface area contributed by atoms with Gasteiger partial charge in [-0.3, -0.25) is 0 Å². The number of carbonyl (C=O) groups is 1. The summed E-state index contributed by atoms with van der Waals surface area (Å²) < 4.78 is 12.8. The summed E-state index contributed by atoms with van der Waals surface area (Å²) in [5, 5.41) is 15.7. The smallest absolute Gasteiger partial charge is 0.315 e. The monoisotopic (exact) mass is 410 g/mol. The van der Waals surface area contributed by atoms with E-state index in [2.05, 4.69) is 20.6 Å². The lowest BCUT2D eigenvalue weighted by Crippen LogP contribution is -2.45. The van der Waals surface area contributed by atoms with Crippen LogP contribution in [0.4, 0.5) is 9.18 Å². The molecule has 4 rings (SSSR count). The van der Waals surface area contributed by atoms with Crippen molar-refractivity contribution < 1.29 is 14.3 Å². The number of para-hydroxylation sites is 2. The summed E-state index contributed by atoms with van der Waals surface area (Å²) in [5.74, 6) is 0.681. The second-order valence-electron chi connectivity index (χ2n) is 7.97. The number of aromatic nitrogens is 2. The molecule has 2 amide bonds. The zero-order valence-electron chi connectivity index (χ0n) is 16.8. The van der Waals surface area contributed by atoms with Crippen molar-refractivity contribution in [2.24, 2.45) is 0 Å². The molecule has 3 aromatic rings. The summed E-state index contributed by atoms with van der Waals surface area (Å²) in [5.41, 5.74) is 3.37. The molecule has 2 aromatic carbocycles. The Kier molecular flexibility index (Phi) is 6.28. The maximum absolute atomic E-state index is 12.8. The molecule has 0 aliphatic heterocycles. The van der Waals surface area contributed by atoms with E-state index in [0.29, 0.717) is 30.7 Å². The number of H-pyrrole nitrogens is 1. The van der Waals surface area contributed by atoms with E-state index in [0.717, 1.165) is 29.4 Å². The number of nitrogens with zero attached hydrogens (tertiary/aromatic N) is 1. The van der Waals surface area contributed by atoms with Crippen molar-refractivity contribution in [2.75, 3.05) is 0 Å². The first-order chi connectivity index (χ1) is 14.6. The normalized spacial score (nSPS) is 20.1. The average molecular weight is 410 g/mol. The number of hydrogen-bond donors (Lipinski definition) is 4. The second-order valence-corrected chi connectivity index (χ2v) is 7.97. The van der Waals surface area contributed by atoms with Gasteiger partial charge in [0.05, 0.1) is 23.2 Å². The standard InChI is InChI=1S/C23H27FN4O2/c24-14-16-7-5-15(6-8-16)13-21(22-26-19-3-1-2-4-20(19)27-22)28-23(30)25-17-9-11-18(29)12-10-17/h1-8,17-18,21,29H,9-14H2,(H,26,27)(H2,25,28,30)/t17?,18?,21-/m1/s1. The summed E-state index contributed by atoms with van der Waals surface area (Å²) in [6, 6.07) is 14.5. The zero-order valence-corrected chi connectivity index (χ0v) is 16.8. The Morgan fingerprint density at radius 3 is 2.50 bits per heavy atom. The van der Waals surface area contributed by atoms with Crippen LogP contribution in [0, 0.1) is 0 Å². The number of aromatic amines is 1. The lowest BCUT2D eigenvalue weighted by Gasteiger charge is -2.27. The van der Waals surface area contributed by atoms with E-state index in [1.54, 1.807) is 12.1 Å². The van der Waals surface area contributed by atoms with Gasteiger partial charge >= 0.3 is 6.03 Å². The van der Waals surface area contributed by atoms with Gasteiger partial charge in [0.1, 0.15) is 12.5 Å². The summed E-state index contributed by atoms with van der Waals surface area (Å²) in [7, 11) is 0. The van der Waals surface area contributed by atoms with E-state index in [-0.39, 0.29) is 24.2 Å². The maximum atomic E-state index is 12.8. The number of carbonyl (C=O) groups excluding carboxylic acids is 1. The summed E-state index contributed by atoms with van der Waals surface area (Å²) in [6.45, 7) is -0.496. The third kappa shape index (κ3) is 4.97. The predicted molar refractivity (Wildman–Crippen MR) is 114 cm³/mol. The Balaban J connectivity index is 1.50. The highest BCUT2D eigenvalue weighted by atomic mass is 19.1. The Hall–Kier alpha value is -2.93. The number of fused-ring (bicyclic) bond motifs is 1. The molecule has 158 valence electrons. The molecule has 0 saturated heterocycles. The third-order valence-electron chi connectivity index (χ3n) is 5.69. The van der Waals surface area contributed by atoms with E-state index in [1.165, 1.54) is 0 Å². The molecule has 0 bridgehead atoms. The Morgan fingerprint density at radius 1 is 1.10 bits per heavy atom. The van der Waals surface area contributed by atoms with Crippen molar-refractivity contribution in [3.05, 3.63) is 65.5 Å². The van der Waals surface area contributed by atoms with Crippen LogP contribution in [0.3, 0.4) is 0 Å². The van der Waals surface area contributed by atoms with Crippen LogP contribution in [0.1, 0.15) is 48.7 Å². The first-order valence-electron chi connectivity index (χ1n) is 10.4. The van der Waals surface area contributed by atoms with Crippen LogP contribution in [0.15, 0.2) is 48.5 Å². The first kappa shape index (κ1) is 20.3. The molecule has 0 unspecified atom stereocenters. The topological polar surface area (TPSA) is 90.0 Å². The number of imidazole rings is 1. The molecule has 1 aromatic heterocycles. The van der Waals surface area contributed by atoms with Crippen LogP contribution in [-0.4, -0.2) is 33.3 Å². The van der Waals surface area contributed by atoms with Gasteiger partial charge in [-0.05, 0) is 55.4 Å². The molecule has 1 heterocycles. The van der Waals surface area contributed by atoms with Gasteiger partial charge in [0.2, 0.25) is 0 Å². The van der Waals surface area contributed by atoms with Gasteiger partial charge < -0.3 is 20.7 Å². The number of halogens is 1. The highest BCUT2D eigenvalue weighted by molar-refractivity contribution is 5.76. The third-order valence-corrected chi connectivity index (χ3v) is 5.69. The fourth-order valence-electron chi connectivity index (χ4n) is 3.96. The van der Waals surface area contributed by atoms with Crippen molar-refractivity contribution in [3.8, 4) is 0 Å². The van der Waals surface area contributed by atoms with Crippen molar-refractivity contribution in [3.63, 3.8) is 0 Å². The largest absolute Gasteiger partial charge is 0.393 e. The number of rotatable bonds is 6. The van der Waals surface area contributed by atoms with Gasteiger partial charge in [-0.15, -0.1) is 0 Å². The second kappa shape index (κ2) is 9.26. The quantitative estimate of drug-likeness (QED) is 0.497. The fourth-order valence-corrected chi connectivity index (χ4v) is 3.96. The Bertz CT molecular complexity index is 947. The number of aliphatic hydroxyl groups excluding tert-OH is 1. The highest BCUT2D eigenvalue weighted by Crippen LogP contribution is 2.21. The zero-order chi connectivity index (χ0) is 20.9. The maximum Gasteiger partial charge on any atom is 0.315 e. The molecular formula is C23H27FN4O2. The van der Waals surface area contributed by atoms with Crippen LogP contribution in [0.2, 0.25) is 0 Å². The molecule has 7 heteroatoms. The number of urea groups is 1. The molecule has 6 nitrogen and oxygen atoms in total. The Morgan fingerprint density at radius 2 is 1.80 bits per heavy atom. The highest BCUT2D eigenvalue weighted by Gasteiger charge is 2.23. The molecule has 1 atom stereocenters. The van der Waals surface area contributed by atoms with Gasteiger partial charge in [-0.25, -0.2) is 14.2 Å². The van der Waals surface area contributed by atoms with Gasteiger partial charge in [0, 0.05) is 6.04 Å². The first-order valence-corrected chi connectivity index (χ1v) is 10.4. The van der Waals surface area contributed by atoms with Crippen molar-refractivity contribution in [2.45, 2.75) is 57.0 Å². The molecule has 1 saturated carbocycles. The van der Waals surface area contributed by atoms with Crippen molar-refractivity contribution in [1.82, 2.24) is 20.6 Å². The summed E-state index contributed by atoms with van der Waals surface area (Å²) in [6.07, 6.45) is 3.23. The van der Waals surface area contributed by atoms with Gasteiger partial charge in [0.15, 0.2) is 0 Å². The van der Waals surface area contributed by atoms with Gasteiger partial charge in [0.25, 0.3) is 0 Å². The summed E-state index contributed by atoms with van der Waals surface area (Å²) in [4.78, 5) is 20.7. The van der Waals surface area contributed by atoms with E-state index in [9.17, 15) is 14.3 Å². The van der Waals surface area contributed by atoms with E-state index in [4.69, 9.17) is 0 Å². The molecule has 4 N–H and O–H groups in total. The van der Waals surface area contributed by atoms with Crippen LogP contribution in [0.25, 0.3) is 11.0 Å². The number of nitrogens with one attached hydrogen (secondary N) is 3. The molecule has 0 spiro atoms. The van der Waals surface area contributed by atoms with Crippen molar-refractivity contribution >= 4 is 17.1 Å². The number of aliphatic hydroxyl groups is 1. The van der Waals surface area contributed by atoms with Crippen molar-refractivity contribution in [1.29, 1.82) is 0 Å². The fraction of sp³-hybridized carbons (Fsp3) is 0.391. The molecule has 0 radical (unpaired) electrons. The van der Waals surface area contributed by atoms with Gasteiger partial charge in [-0.2, -0.15) is 0 Å². The average Bonchev–Trinajstić information content (AvgIpc) is 3.20. The summed E-state index contributed by atoms with van der Waals surface area (Å²) >= 11 is 0. The number of hydrogen-bond acceptors (Lipinski definition) is 3. The minimum Gasteiger partial charge on any atom is -0.393 e. The predicted octanol–water partition coefficient (Wildman–Crippen LogP) is 3.92. The molecule has 30 heavy (non-hydrogen) atoms. The minimum absolute atomic E-state index is 0.0635. The lowest BCUT2D eigenvalue weighted by molar-refractivity contribution is 0.117. The molecule has 1 aliphatic rings. The number of benzene rings is 2. The minimum atomic E-state index is -0.496. The van der Waals surface area contributed by atoms with Crippen LogP contribution >= 0.6 is 0 Å². The molecular weight excluding hydrogens is 383 g/mol. The SMILES string of the molecule is O=C(NC1CCC(O)CC1)N[C@H](Cc1ccc(CF)cc1)c1nc2ccccc2[nH]1. The van der Waals surface area contributed by atoms with Gasteiger partial charge in [-0.1, -0.05) is 36.4 Å². The number of amides is 2. The number of alkyl halides is 1. The van der Waals surface area contributed by atoms with Crippen LogP contribution in [-0.2, 0) is 13.1 Å². The Labute approximate surface area is 174 Å². The molecule has 1 fully saturated rings. The van der Waals surface area contributed by atoms with E-state index < -0.39 is 6.67 Å². The van der Waals surface area contributed by atoms with E-state index in [1.807, 2.05) is 36.4 Å².